The number of aryl methyl sites for hydroxylation is 2. The van der Waals surface area contributed by atoms with Crippen LogP contribution in [-0.4, -0.2) is 24.5 Å². The fourth-order valence-electron chi connectivity index (χ4n) is 1.99. The molecule has 0 aliphatic carbocycles. The molecule has 0 heterocycles. The maximum Gasteiger partial charge on any atom is 0.234 e. The third kappa shape index (κ3) is 6.97. The SMILES string of the molecule is Cc1cccc(CCC(C)NCC(=O)NC(C)C)c1. The Bertz CT molecular complexity index is 401. The Morgan fingerprint density at radius 3 is 2.63 bits per heavy atom. The van der Waals surface area contributed by atoms with Crippen LogP contribution in [0.25, 0.3) is 0 Å². The minimum Gasteiger partial charge on any atom is -0.353 e. The molecule has 0 aliphatic heterocycles. The summed E-state index contributed by atoms with van der Waals surface area (Å²) in [4.78, 5) is 11.5. The van der Waals surface area contributed by atoms with E-state index >= 15 is 0 Å². The van der Waals surface area contributed by atoms with E-state index in [1.54, 1.807) is 0 Å². The Kier molecular flexibility index (Phi) is 6.57. The van der Waals surface area contributed by atoms with Crippen LogP contribution in [0.2, 0.25) is 0 Å². The highest BCUT2D eigenvalue weighted by Crippen LogP contribution is 2.07. The summed E-state index contributed by atoms with van der Waals surface area (Å²) in [6.45, 7) is 8.57. The highest BCUT2D eigenvalue weighted by molar-refractivity contribution is 5.78. The molecule has 0 aromatic heterocycles. The van der Waals surface area contributed by atoms with E-state index in [1.807, 2.05) is 13.8 Å². The van der Waals surface area contributed by atoms with E-state index < -0.39 is 0 Å². The van der Waals surface area contributed by atoms with Crippen LogP contribution in [0.4, 0.5) is 0 Å². The Morgan fingerprint density at radius 1 is 1.26 bits per heavy atom. The van der Waals surface area contributed by atoms with Crippen molar-refractivity contribution in [1.29, 1.82) is 0 Å². The summed E-state index contributed by atoms with van der Waals surface area (Å²) in [5.41, 5.74) is 2.66. The maximum atomic E-state index is 11.5. The third-order valence-electron chi connectivity index (χ3n) is 3.01. The number of nitrogens with one attached hydrogen (secondary N) is 2. The van der Waals surface area contributed by atoms with E-state index in [4.69, 9.17) is 0 Å². The molecule has 0 aliphatic rings. The second kappa shape index (κ2) is 7.95. The lowest BCUT2D eigenvalue weighted by molar-refractivity contribution is -0.120. The second-order valence-corrected chi connectivity index (χ2v) is 5.53. The molecule has 3 heteroatoms. The first kappa shape index (κ1) is 15.7. The van der Waals surface area contributed by atoms with Gasteiger partial charge in [-0.25, -0.2) is 0 Å². The van der Waals surface area contributed by atoms with E-state index in [9.17, 15) is 4.79 Å². The molecule has 1 amide bonds. The summed E-state index contributed by atoms with van der Waals surface area (Å²) in [6, 6.07) is 9.14. The molecule has 0 radical (unpaired) electrons. The van der Waals surface area contributed by atoms with Gasteiger partial charge in [-0.05, 0) is 46.1 Å². The molecule has 0 bridgehead atoms. The number of hydrogen-bond donors (Lipinski definition) is 2. The van der Waals surface area contributed by atoms with E-state index in [-0.39, 0.29) is 11.9 Å². The van der Waals surface area contributed by atoms with Gasteiger partial charge in [-0.3, -0.25) is 4.79 Å². The number of benzene rings is 1. The molecular formula is C16H26N2O. The second-order valence-electron chi connectivity index (χ2n) is 5.53. The number of carbonyl (C=O) groups excluding carboxylic acids is 1. The molecule has 0 spiro atoms. The lowest BCUT2D eigenvalue weighted by atomic mass is 10.0. The molecule has 1 atom stereocenters. The summed E-state index contributed by atoms with van der Waals surface area (Å²) >= 11 is 0. The largest absolute Gasteiger partial charge is 0.353 e. The zero-order chi connectivity index (χ0) is 14.3. The average molecular weight is 262 g/mol. The van der Waals surface area contributed by atoms with Crippen molar-refractivity contribution in [2.75, 3.05) is 6.54 Å². The summed E-state index contributed by atoms with van der Waals surface area (Å²) in [7, 11) is 0. The van der Waals surface area contributed by atoms with Gasteiger partial charge >= 0.3 is 0 Å². The Morgan fingerprint density at radius 2 is 2.00 bits per heavy atom. The molecule has 0 saturated carbocycles. The molecule has 1 aromatic carbocycles. The van der Waals surface area contributed by atoms with Crippen molar-refractivity contribution >= 4 is 5.91 Å². The van der Waals surface area contributed by atoms with Crippen LogP contribution in [0.5, 0.6) is 0 Å². The number of carbonyl (C=O) groups is 1. The first-order valence-electron chi connectivity index (χ1n) is 7.05. The maximum absolute atomic E-state index is 11.5. The monoisotopic (exact) mass is 262 g/mol. The van der Waals surface area contributed by atoms with Gasteiger partial charge in [-0.1, -0.05) is 29.8 Å². The van der Waals surface area contributed by atoms with E-state index in [0.29, 0.717) is 12.6 Å². The standard InChI is InChI=1S/C16H26N2O/c1-12(2)18-16(19)11-17-14(4)8-9-15-7-5-6-13(3)10-15/h5-7,10,12,14,17H,8-9,11H2,1-4H3,(H,18,19). The first-order valence-corrected chi connectivity index (χ1v) is 7.05. The van der Waals surface area contributed by atoms with Gasteiger partial charge in [0.25, 0.3) is 0 Å². The van der Waals surface area contributed by atoms with Crippen LogP contribution >= 0.6 is 0 Å². The van der Waals surface area contributed by atoms with Gasteiger partial charge in [0.1, 0.15) is 0 Å². The lowest BCUT2D eigenvalue weighted by Crippen LogP contribution is -2.40. The third-order valence-corrected chi connectivity index (χ3v) is 3.01. The molecular weight excluding hydrogens is 236 g/mol. The minimum absolute atomic E-state index is 0.0670. The molecule has 19 heavy (non-hydrogen) atoms. The highest BCUT2D eigenvalue weighted by Gasteiger charge is 2.06. The predicted molar refractivity (Wildman–Crippen MR) is 80.2 cm³/mol. The fraction of sp³-hybridized carbons (Fsp3) is 0.562. The first-order chi connectivity index (χ1) is 8.97. The van der Waals surface area contributed by atoms with Crippen LogP contribution in [0.1, 0.15) is 38.3 Å². The van der Waals surface area contributed by atoms with Gasteiger partial charge < -0.3 is 10.6 Å². The summed E-state index contributed by atoms with van der Waals surface area (Å²) in [5.74, 6) is 0.0670. The van der Waals surface area contributed by atoms with Crippen LogP contribution in [-0.2, 0) is 11.2 Å². The van der Waals surface area contributed by atoms with Gasteiger partial charge in [-0.15, -0.1) is 0 Å². The molecule has 3 nitrogen and oxygen atoms in total. The van der Waals surface area contributed by atoms with Crippen molar-refractivity contribution in [3.05, 3.63) is 35.4 Å². The normalized spacial score (nSPS) is 12.5. The summed E-state index contributed by atoms with van der Waals surface area (Å²) in [5, 5.41) is 6.14. The van der Waals surface area contributed by atoms with Gasteiger partial charge in [0, 0.05) is 12.1 Å². The smallest absolute Gasteiger partial charge is 0.234 e. The van der Waals surface area contributed by atoms with Gasteiger partial charge in [-0.2, -0.15) is 0 Å². The minimum atomic E-state index is 0.0670. The quantitative estimate of drug-likeness (QED) is 0.792. The van der Waals surface area contributed by atoms with Crippen LogP contribution < -0.4 is 10.6 Å². The van der Waals surface area contributed by atoms with Gasteiger partial charge in [0.05, 0.1) is 6.54 Å². The van der Waals surface area contributed by atoms with Gasteiger partial charge in [0.15, 0.2) is 0 Å². The Balaban J connectivity index is 2.24. The zero-order valence-electron chi connectivity index (χ0n) is 12.5. The molecule has 0 saturated heterocycles. The van der Waals surface area contributed by atoms with Crippen molar-refractivity contribution in [3.63, 3.8) is 0 Å². The van der Waals surface area contributed by atoms with Crippen molar-refractivity contribution in [3.8, 4) is 0 Å². The number of hydrogen-bond acceptors (Lipinski definition) is 2. The zero-order valence-corrected chi connectivity index (χ0v) is 12.5. The lowest BCUT2D eigenvalue weighted by Gasteiger charge is -2.15. The van der Waals surface area contributed by atoms with Crippen LogP contribution in [0, 0.1) is 6.92 Å². The van der Waals surface area contributed by atoms with E-state index in [2.05, 4.69) is 48.7 Å². The summed E-state index contributed by atoms with van der Waals surface area (Å²) in [6.07, 6.45) is 2.08. The predicted octanol–water partition coefficient (Wildman–Crippen LogP) is 2.43. The van der Waals surface area contributed by atoms with Crippen molar-refractivity contribution < 1.29 is 4.79 Å². The van der Waals surface area contributed by atoms with Crippen LogP contribution in [0.3, 0.4) is 0 Å². The Labute approximate surface area is 116 Å². The molecule has 0 fully saturated rings. The van der Waals surface area contributed by atoms with Gasteiger partial charge in [0.2, 0.25) is 5.91 Å². The van der Waals surface area contributed by atoms with Crippen molar-refractivity contribution in [2.24, 2.45) is 0 Å². The number of amides is 1. The molecule has 1 rings (SSSR count). The Hall–Kier alpha value is -1.35. The molecule has 1 aromatic rings. The number of rotatable bonds is 7. The highest BCUT2D eigenvalue weighted by atomic mass is 16.1. The van der Waals surface area contributed by atoms with Crippen molar-refractivity contribution in [2.45, 2.75) is 52.6 Å². The van der Waals surface area contributed by atoms with E-state index in [0.717, 1.165) is 12.8 Å². The molecule has 106 valence electrons. The average Bonchev–Trinajstić information content (AvgIpc) is 2.33. The topological polar surface area (TPSA) is 41.1 Å². The molecule has 1 unspecified atom stereocenters. The summed E-state index contributed by atoms with van der Waals surface area (Å²) < 4.78 is 0. The van der Waals surface area contributed by atoms with E-state index in [1.165, 1.54) is 11.1 Å². The van der Waals surface area contributed by atoms with Crippen LogP contribution in [0.15, 0.2) is 24.3 Å². The molecule has 2 N–H and O–H groups in total. The van der Waals surface area contributed by atoms with Crippen molar-refractivity contribution in [1.82, 2.24) is 10.6 Å². The fourth-order valence-corrected chi connectivity index (χ4v) is 1.99.